The normalized spacial score (nSPS) is 15.7. The maximum atomic E-state index is 13.2. The van der Waals surface area contributed by atoms with Gasteiger partial charge in [0.1, 0.15) is 11.5 Å². The van der Waals surface area contributed by atoms with Gasteiger partial charge in [0.15, 0.2) is 11.5 Å². The molecule has 3 rings (SSSR count). The van der Waals surface area contributed by atoms with Crippen LogP contribution in [-0.4, -0.2) is 45.3 Å². The van der Waals surface area contributed by atoms with Crippen LogP contribution < -0.4 is 18.9 Å². The van der Waals surface area contributed by atoms with Crippen molar-refractivity contribution in [2.75, 3.05) is 28.4 Å². The van der Waals surface area contributed by atoms with E-state index in [1.807, 2.05) is 17.0 Å². The summed E-state index contributed by atoms with van der Waals surface area (Å²) in [5.74, 6) is 2.51. The van der Waals surface area contributed by atoms with Crippen molar-refractivity contribution in [3.05, 3.63) is 47.0 Å². The van der Waals surface area contributed by atoms with Gasteiger partial charge in [0.2, 0.25) is 0 Å². The summed E-state index contributed by atoms with van der Waals surface area (Å²) in [4.78, 5) is 15.1. The molecule has 0 radical (unpaired) electrons. The molecule has 0 aliphatic carbocycles. The maximum absolute atomic E-state index is 13.2. The summed E-state index contributed by atoms with van der Waals surface area (Å²) in [7, 11) is 6.38. The molecule has 0 aromatic heterocycles. The molecule has 0 saturated heterocycles. The van der Waals surface area contributed by atoms with E-state index in [1.165, 1.54) is 5.56 Å². The molecule has 1 atom stereocenters. The molecule has 0 saturated carbocycles. The number of carbonyl (C=O) groups is 1. The Morgan fingerprint density at radius 1 is 0.852 bits per heavy atom. The van der Waals surface area contributed by atoms with Crippen LogP contribution in [-0.2, 0) is 13.0 Å². The van der Waals surface area contributed by atoms with Crippen molar-refractivity contribution in [1.82, 2.24) is 4.90 Å². The number of benzene rings is 2. The van der Waals surface area contributed by atoms with E-state index in [1.54, 1.807) is 46.6 Å². The summed E-state index contributed by atoms with van der Waals surface area (Å²) in [6, 6.07) is 9.24. The fourth-order valence-electron chi connectivity index (χ4n) is 3.44. The molecule has 2 aromatic carbocycles. The third kappa shape index (κ3) is 3.65. The zero-order chi connectivity index (χ0) is 19.6. The molecule has 27 heavy (non-hydrogen) atoms. The summed E-state index contributed by atoms with van der Waals surface area (Å²) in [6.07, 6.45) is 0.753. The number of fused-ring (bicyclic) bond motifs is 1. The van der Waals surface area contributed by atoms with E-state index in [-0.39, 0.29) is 11.9 Å². The Kier molecular flexibility index (Phi) is 5.44. The second-order valence-corrected chi connectivity index (χ2v) is 6.56. The first-order chi connectivity index (χ1) is 13.0. The number of methoxy groups -OCH3 is 4. The van der Waals surface area contributed by atoms with Crippen LogP contribution in [0.5, 0.6) is 23.0 Å². The minimum atomic E-state index is -0.0554. The first-order valence-electron chi connectivity index (χ1n) is 8.78. The Morgan fingerprint density at radius 3 is 1.93 bits per heavy atom. The number of ether oxygens (including phenoxy) is 4. The van der Waals surface area contributed by atoms with Gasteiger partial charge < -0.3 is 23.8 Å². The van der Waals surface area contributed by atoms with Gasteiger partial charge in [-0.1, -0.05) is 0 Å². The number of amides is 1. The van der Waals surface area contributed by atoms with E-state index >= 15 is 0 Å². The Morgan fingerprint density at radius 2 is 1.41 bits per heavy atom. The lowest BCUT2D eigenvalue weighted by molar-refractivity contribution is 0.0657. The van der Waals surface area contributed by atoms with Gasteiger partial charge in [0.05, 0.1) is 28.4 Å². The van der Waals surface area contributed by atoms with Crippen molar-refractivity contribution in [2.45, 2.75) is 25.9 Å². The highest BCUT2D eigenvalue weighted by Crippen LogP contribution is 2.35. The number of carbonyl (C=O) groups excluding carboxylic acids is 1. The van der Waals surface area contributed by atoms with Gasteiger partial charge in [-0.3, -0.25) is 4.79 Å². The Balaban J connectivity index is 1.93. The van der Waals surface area contributed by atoms with E-state index in [4.69, 9.17) is 18.9 Å². The summed E-state index contributed by atoms with van der Waals surface area (Å²) < 4.78 is 21.4. The van der Waals surface area contributed by atoms with E-state index < -0.39 is 0 Å². The Bertz CT molecular complexity index is 826. The second-order valence-electron chi connectivity index (χ2n) is 6.56. The molecule has 1 aliphatic heterocycles. The number of hydrogen-bond donors (Lipinski definition) is 0. The highest BCUT2D eigenvalue weighted by atomic mass is 16.5. The van der Waals surface area contributed by atoms with Crippen LogP contribution in [0.15, 0.2) is 30.3 Å². The summed E-state index contributed by atoms with van der Waals surface area (Å²) >= 11 is 0. The minimum absolute atomic E-state index is 0.0554. The van der Waals surface area contributed by atoms with Crippen LogP contribution in [0.3, 0.4) is 0 Å². The Hall–Kier alpha value is -2.89. The molecule has 1 unspecified atom stereocenters. The molecule has 0 bridgehead atoms. The largest absolute Gasteiger partial charge is 0.497 e. The average molecular weight is 371 g/mol. The second kappa shape index (κ2) is 7.78. The van der Waals surface area contributed by atoms with Gasteiger partial charge in [-0.05, 0) is 48.7 Å². The standard InChI is InChI=1S/C21H25NO5/c1-13-6-14-9-19(26-4)20(27-5)10-16(14)12-22(13)21(23)15-7-17(24-2)11-18(8-15)25-3/h7-11,13H,6,12H2,1-5H3. The highest BCUT2D eigenvalue weighted by Gasteiger charge is 2.29. The van der Waals surface area contributed by atoms with Crippen molar-refractivity contribution < 1.29 is 23.7 Å². The molecule has 0 fully saturated rings. The van der Waals surface area contributed by atoms with Gasteiger partial charge in [-0.15, -0.1) is 0 Å². The topological polar surface area (TPSA) is 57.2 Å². The highest BCUT2D eigenvalue weighted by molar-refractivity contribution is 5.95. The van der Waals surface area contributed by atoms with Crippen LogP contribution in [0.1, 0.15) is 28.4 Å². The smallest absolute Gasteiger partial charge is 0.254 e. The maximum Gasteiger partial charge on any atom is 0.254 e. The lowest BCUT2D eigenvalue weighted by Crippen LogP contribution is -2.42. The first-order valence-corrected chi connectivity index (χ1v) is 8.78. The van der Waals surface area contributed by atoms with Gasteiger partial charge in [0.25, 0.3) is 5.91 Å². The van der Waals surface area contributed by atoms with Crippen LogP contribution in [0.2, 0.25) is 0 Å². The zero-order valence-corrected chi connectivity index (χ0v) is 16.4. The quantitative estimate of drug-likeness (QED) is 0.807. The van der Waals surface area contributed by atoms with Crippen molar-refractivity contribution in [3.8, 4) is 23.0 Å². The summed E-state index contributed by atoms with van der Waals surface area (Å²) in [5, 5.41) is 0. The number of hydrogen-bond acceptors (Lipinski definition) is 5. The fourth-order valence-corrected chi connectivity index (χ4v) is 3.44. The van der Waals surface area contributed by atoms with E-state index in [0.29, 0.717) is 35.1 Å². The lowest BCUT2D eigenvalue weighted by Gasteiger charge is -2.35. The molecule has 1 aliphatic rings. The average Bonchev–Trinajstić information content (AvgIpc) is 2.71. The van der Waals surface area contributed by atoms with Crippen molar-refractivity contribution in [2.24, 2.45) is 0 Å². The van der Waals surface area contributed by atoms with Gasteiger partial charge >= 0.3 is 0 Å². The first kappa shape index (κ1) is 18.9. The van der Waals surface area contributed by atoms with E-state index in [0.717, 1.165) is 12.0 Å². The fraction of sp³-hybridized carbons (Fsp3) is 0.381. The minimum Gasteiger partial charge on any atom is -0.497 e. The van der Waals surface area contributed by atoms with Gasteiger partial charge in [-0.25, -0.2) is 0 Å². The molecular weight excluding hydrogens is 346 g/mol. The number of nitrogens with zero attached hydrogens (tertiary/aromatic N) is 1. The molecule has 0 N–H and O–H groups in total. The van der Waals surface area contributed by atoms with Gasteiger partial charge in [0, 0.05) is 24.2 Å². The van der Waals surface area contributed by atoms with Crippen molar-refractivity contribution in [3.63, 3.8) is 0 Å². The predicted octanol–water partition coefficient (Wildman–Crippen LogP) is 3.31. The molecule has 144 valence electrons. The molecular formula is C21H25NO5. The van der Waals surface area contributed by atoms with Crippen molar-refractivity contribution in [1.29, 1.82) is 0 Å². The van der Waals surface area contributed by atoms with Gasteiger partial charge in [-0.2, -0.15) is 0 Å². The summed E-state index contributed by atoms with van der Waals surface area (Å²) in [5.41, 5.74) is 2.78. The SMILES string of the molecule is COc1cc(OC)cc(C(=O)N2Cc3cc(OC)c(OC)cc3CC2C)c1. The van der Waals surface area contributed by atoms with Crippen LogP contribution in [0.4, 0.5) is 0 Å². The predicted molar refractivity (Wildman–Crippen MR) is 102 cm³/mol. The summed E-state index contributed by atoms with van der Waals surface area (Å²) in [6.45, 7) is 2.56. The third-order valence-electron chi connectivity index (χ3n) is 4.95. The number of rotatable bonds is 5. The van der Waals surface area contributed by atoms with E-state index in [2.05, 4.69) is 6.92 Å². The monoisotopic (exact) mass is 371 g/mol. The van der Waals surface area contributed by atoms with Crippen LogP contribution in [0, 0.1) is 0 Å². The molecule has 0 spiro atoms. The molecule has 6 nitrogen and oxygen atoms in total. The molecule has 2 aromatic rings. The van der Waals surface area contributed by atoms with Crippen LogP contribution >= 0.6 is 0 Å². The van der Waals surface area contributed by atoms with E-state index in [9.17, 15) is 4.79 Å². The lowest BCUT2D eigenvalue weighted by atomic mass is 9.93. The molecule has 6 heteroatoms. The zero-order valence-electron chi connectivity index (χ0n) is 16.4. The third-order valence-corrected chi connectivity index (χ3v) is 4.95. The molecule has 1 amide bonds. The van der Waals surface area contributed by atoms with Crippen molar-refractivity contribution >= 4 is 5.91 Å². The van der Waals surface area contributed by atoms with Crippen LogP contribution in [0.25, 0.3) is 0 Å². The Labute approximate surface area is 159 Å². The molecule has 1 heterocycles.